The first-order chi connectivity index (χ1) is 9.71. The lowest BCUT2D eigenvalue weighted by Crippen LogP contribution is -2.38. The van der Waals surface area contributed by atoms with Crippen LogP contribution in [0.5, 0.6) is 5.75 Å². The molecule has 0 aliphatic rings. The van der Waals surface area contributed by atoms with Crippen molar-refractivity contribution in [1.29, 1.82) is 0 Å². The van der Waals surface area contributed by atoms with E-state index in [4.69, 9.17) is 17.0 Å². The van der Waals surface area contributed by atoms with E-state index in [-0.39, 0.29) is 5.11 Å². The third kappa shape index (κ3) is 6.44. The van der Waals surface area contributed by atoms with E-state index in [1.165, 1.54) is 7.11 Å². The van der Waals surface area contributed by atoms with Crippen LogP contribution < -0.4 is 10.1 Å². The highest BCUT2D eigenvalue weighted by Crippen LogP contribution is 2.20. The summed E-state index contributed by atoms with van der Waals surface area (Å²) in [5.74, 6) is 0.570. The van der Waals surface area contributed by atoms with Crippen LogP contribution in [0, 0.1) is 0 Å². The van der Waals surface area contributed by atoms with Gasteiger partial charge in [0.05, 0.1) is 7.11 Å². The third-order valence-corrected chi connectivity index (χ3v) is 2.52. The SMILES string of the molecule is COc1cccc(NC(=S)N(CC(F)(F)F)N=C(C)C)c1. The van der Waals surface area contributed by atoms with Gasteiger partial charge in [-0.25, -0.2) is 5.01 Å². The van der Waals surface area contributed by atoms with E-state index < -0.39 is 12.7 Å². The Bertz CT molecular complexity index is 528. The lowest BCUT2D eigenvalue weighted by Gasteiger charge is -2.22. The summed E-state index contributed by atoms with van der Waals surface area (Å²) in [7, 11) is 1.50. The molecule has 0 aliphatic heterocycles. The minimum absolute atomic E-state index is 0.137. The van der Waals surface area contributed by atoms with Gasteiger partial charge in [-0.3, -0.25) is 0 Å². The Morgan fingerprint density at radius 3 is 2.57 bits per heavy atom. The number of nitrogens with one attached hydrogen (secondary N) is 1. The monoisotopic (exact) mass is 319 g/mol. The van der Waals surface area contributed by atoms with Crippen LogP contribution in [0.4, 0.5) is 18.9 Å². The molecule has 1 aromatic carbocycles. The van der Waals surface area contributed by atoms with Gasteiger partial charge in [-0.15, -0.1) is 0 Å². The Morgan fingerprint density at radius 1 is 1.38 bits per heavy atom. The Balaban J connectivity index is 2.87. The summed E-state index contributed by atoms with van der Waals surface area (Å²) in [6, 6.07) is 6.71. The minimum atomic E-state index is -4.40. The first kappa shape index (κ1) is 17.2. The largest absolute Gasteiger partial charge is 0.497 e. The number of alkyl halides is 3. The number of hydrogen-bond acceptors (Lipinski definition) is 3. The predicted octanol–water partition coefficient (Wildman–Crippen LogP) is 3.65. The molecule has 0 heterocycles. The maximum atomic E-state index is 12.6. The second-order valence-electron chi connectivity index (χ2n) is 4.38. The Kier molecular flexibility index (Phi) is 5.95. The first-order valence-corrected chi connectivity index (χ1v) is 6.43. The summed E-state index contributed by atoms with van der Waals surface area (Å²) in [5, 5.41) is 7.09. The fourth-order valence-electron chi connectivity index (χ4n) is 1.45. The van der Waals surface area contributed by atoms with Crippen molar-refractivity contribution in [1.82, 2.24) is 5.01 Å². The van der Waals surface area contributed by atoms with Gasteiger partial charge in [-0.1, -0.05) is 6.07 Å². The van der Waals surface area contributed by atoms with Crippen molar-refractivity contribution < 1.29 is 17.9 Å². The number of methoxy groups -OCH3 is 1. The minimum Gasteiger partial charge on any atom is -0.497 e. The van der Waals surface area contributed by atoms with E-state index in [1.54, 1.807) is 38.1 Å². The van der Waals surface area contributed by atoms with Gasteiger partial charge in [-0.2, -0.15) is 18.3 Å². The topological polar surface area (TPSA) is 36.9 Å². The van der Waals surface area contributed by atoms with Crippen LogP contribution in [-0.2, 0) is 0 Å². The van der Waals surface area contributed by atoms with Crippen molar-refractivity contribution in [2.75, 3.05) is 19.0 Å². The number of hydrogen-bond donors (Lipinski definition) is 1. The van der Waals surface area contributed by atoms with Gasteiger partial charge in [0.2, 0.25) is 0 Å². The van der Waals surface area contributed by atoms with Crippen molar-refractivity contribution in [3.63, 3.8) is 0 Å². The van der Waals surface area contributed by atoms with E-state index in [9.17, 15) is 13.2 Å². The zero-order valence-corrected chi connectivity index (χ0v) is 12.7. The number of benzene rings is 1. The molecule has 1 aromatic rings. The van der Waals surface area contributed by atoms with Gasteiger partial charge in [0.15, 0.2) is 5.11 Å². The summed E-state index contributed by atoms with van der Waals surface area (Å²) in [6.45, 7) is 1.93. The molecule has 0 unspecified atom stereocenters. The van der Waals surface area contributed by atoms with Gasteiger partial charge in [0.1, 0.15) is 12.3 Å². The van der Waals surface area contributed by atoms with Crippen LogP contribution in [0.2, 0.25) is 0 Å². The molecule has 0 saturated carbocycles. The normalized spacial score (nSPS) is 10.8. The number of hydrazone groups is 1. The second-order valence-corrected chi connectivity index (χ2v) is 4.77. The molecule has 0 bridgehead atoms. The Labute approximate surface area is 126 Å². The maximum absolute atomic E-state index is 12.6. The van der Waals surface area contributed by atoms with E-state index in [0.717, 1.165) is 0 Å². The predicted molar refractivity (Wildman–Crippen MR) is 80.8 cm³/mol. The van der Waals surface area contributed by atoms with Crippen LogP contribution >= 0.6 is 12.2 Å². The fourth-order valence-corrected chi connectivity index (χ4v) is 1.68. The average Bonchev–Trinajstić information content (AvgIpc) is 2.36. The van der Waals surface area contributed by atoms with Crippen molar-refractivity contribution in [3.8, 4) is 5.75 Å². The number of rotatable bonds is 4. The maximum Gasteiger partial charge on any atom is 0.408 e. The summed E-state index contributed by atoms with van der Waals surface area (Å²) in [4.78, 5) is 0. The van der Waals surface area contributed by atoms with Crippen LogP contribution in [0.3, 0.4) is 0 Å². The highest BCUT2D eigenvalue weighted by molar-refractivity contribution is 7.80. The molecular formula is C13H16F3N3OS. The molecule has 0 fully saturated rings. The molecule has 8 heteroatoms. The first-order valence-electron chi connectivity index (χ1n) is 6.02. The van der Waals surface area contributed by atoms with Gasteiger partial charge < -0.3 is 10.1 Å². The lowest BCUT2D eigenvalue weighted by atomic mass is 10.3. The van der Waals surface area contributed by atoms with Crippen molar-refractivity contribution >= 4 is 28.7 Å². The average molecular weight is 319 g/mol. The van der Waals surface area contributed by atoms with Gasteiger partial charge in [0.25, 0.3) is 0 Å². The molecule has 0 aromatic heterocycles. The quantitative estimate of drug-likeness (QED) is 0.522. The molecular weight excluding hydrogens is 303 g/mol. The number of nitrogens with zero attached hydrogens (tertiary/aromatic N) is 2. The number of thiocarbonyl (C=S) groups is 1. The molecule has 0 radical (unpaired) electrons. The van der Waals surface area contributed by atoms with Crippen LogP contribution in [0.25, 0.3) is 0 Å². The van der Waals surface area contributed by atoms with Gasteiger partial charge in [-0.05, 0) is 38.2 Å². The number of ether oxygens (including phenoxy) is 1. The standard InChI is InChI=1S/C13H16F3N3OS/c1-9(2)18-19(8-13(14,15)16)12(21)17-10-5-4-6-11(7-10)20-3/h4-7H,8H2,1-3H3,(H,17,21). The molecule has 1 N–H and O–H groups in total. The summed E-state index contributed by atoms with van der Waals surface area (Å²) in [6.07, 6.45) is -4.40. The molecule has 0 aliphatic carbocycles. The smallest absolute Gasteiger partial charge is 0.408 e. The van der Waals surface area contributed by atoms with Crippen LogP contribution in [0.1, 0.15) is 13.8 Å². The Morgan fingerprint density at radius 2 is 2.05 bits per heavy atom. The summed E-state index contributed by atoms with van der Waals surface area (Å²) in [5.41, 5.74) is 0.990. The number of anilines is 1. The zero-order valence-electron chi connectivity index (χ0n) is 11.9. The van der Waals surface area contributed by atoms with Crippen molar-refractivity contribution in [2.24, 2.45) is 5.10 Å². The molecule has 0 atom stereocenters. The molecule has 0 spiro atoms. The van der Waals surface area contributed by atoms with E-state index in [1.807, 2.05) is 0 Å². The molecule has 4 nitrogen and oxygen atoms in total. The Hall–Kier alpha value is -1.83. The van der Waals surface area contributed by atoms with E-state index in [2.05, 4.69) is 10.4 Å². The summed E-state index contributed by atoms with van der Waals surface area (Å²) >= 11 is 4.99. The highest BCUT2D eigenvalue weighted by atomic mass is 32.1. The van der Waals surface area contributed by atoms with Gasteiger partial charge in [0, 0.05) is 17.5 Å². The fraction of sp³-hybridized carbons (Fsp3) is 0.385. The number of halogens is 3. The van der Waals surface area contributed by atoms with E-state index in [0.29, 0.717) is 22.2 Å². The van der Waals surface area contributed by atoms with Crippen LogP contribution in [0.15, 0.2) is 29.4 Å². The van der Waals surface area contributed by atoms with Crippen molar-refractivity contribution in [3.05, 3.63) is 24.3 Å². The van der Waals surface area contributed by atoms with Crippen LogP contribution in [-0.4, -0.2) is 35.7 Å². The second kappa shape index (κ2) is 7.26. The molecule has 0 saturated heterocycles. The molecule has 21 heavy (non-hydrogen) atoms. The highest BCUT2D eigenvalue weighted by Gasteiger charge is 2.32. The molecule has 116 valence electrons. The van der Waals surface area contributed by atoms with E-state index >= 15 is 0 Å². The molecule has 1 rings (SSSR count). The third-order valence-electron chi connectivity index (χ3n) is 2.21. The van der Waals surface area contributed by atoms with Gasteiger partial charge >= 0.3 is 6.18 Å². The van der Waals surface area contributed by atoms with Crippen molar-refractivity contribution in [2.45, 2.75) is 20.0 Å². The lowest BCUT2D eigenvalue weighted by molar-refractivity contribution is -0.137. The zero-order chi connectivity index (χ0) is 16.0. The molecule has 0 amide bonds. The summed E-state index contributed by atoms with van der Waals surface area (Å²) < 4.78 is 42.7.